The molecule has 1 saturated carbocycles. The van der Waals surface area contributed by atoms with E-state index < -0.39 is 5.97 Å². The first-order chi connectivity index (χ1) is 7.92. The molecule has 2 fully saturated rings. The van der Waals surface area contributed by atoms with Gasteiger partial charge in [-0.3, -0.25) is 9.59 Å². The number of carboxylic acid groups (broad SMARTS) is 1. The van der Waals surface area contributed by atoms with E-state index in [1.54, 1.807) is 0 Å². The molecule has 0 radical (unpaired) electrons. The van der Waals surface area contributed by atoms with Gasteiger partial charge in [0.25, 0.3) is 0 Å². The lowest BCUT2D eigenvalue weighted by Crippen LogP contribution is -2.45. The predicted octanol–water partition coefficient (Wildman–Crippen LogP) is 1.89. The van der Waals surface area contributed by atoms with Gasteiger partial charge in [0.1, 0.15) is 0 Å². The van der Waals surface area contributed by atoms with Gasteiger partial charge in [0.15, 0.2) is 0 Å². The van der Waals surface area contributed by atoms with Gasteiger partial charge in [-0.05, 0) is 46.0 Å². The molecule has 0 unspecified atom stereocenters. The van der Waals surface area contributed by atoms with Crippen molar-refractivity contribution in [3.8, 4) is 0 Å². The second kappa shape index (κ2) is 4.31. The first-order valence-electron chi connectivity index (χ1n) is 6.46. The standard InChI is InChI=1S/C13H21NO3/c1-13(2)6-3-7-14(13)11(15)9-4-5-10(8-9)12(16)17/h9-10H,3-8H2,1-2H3,(H,16,17)/t9-,10+/m1/s1. The minimum Gasteiger partial charge on any atom is -0.481 e. The number of carbonyl (C=O) groups excluding carboxylic acids is 1. The maximum atomic E-state index is 12.4. The third-order valence-electron chi connectivity index (χ3n) is 4.30. The highest BCUT2D eigenvalue weighted by atomic mass is 16.4. The van der Waals surface area contributed by atoms with Crippen LogP contribution in [0.3, 0.4) is 0 Å². The summed E-state index contributed by atoms with van der Waals surface area (Å²) in [5.74, 6) is -0.944. The van der Waals surface area contributed by atoms with Gasteiger partial charge in [-0.15, -0.1) is 0 Å². The maximum Gasteiger partial charge on any atom is 0.306 e. The van der Waals surface area contributed by atoms with Crippen LogP contribution in [0.1, 0.15) is 46.0 Å². The van der Waals surface area contributed by atoms with Crippen LogP contribution in [0, 0.1) is 11.8 Å². The Kier molecular flexibility index (Phi) is 3.15. The van der Waals surface area contributed by atoms with Gasteiger partial charge in [-0.1, -0.05) is 0 Å². The van der Waals surface area contributed by atoms with Gasteiger partial charge in [-0.25, -0.2) is 0 Å². The van der Waals surface area contributed by atoms with Gasteiger partial charge < -0.3 is 10.0 Å². The molecular weight excluding hydrogens is 218 g/mol. The molecule has 0 aromatic heterocycles. The van der Waals surface area contributed by atoms with Crippen molar-refractivity contribution < 1.29 is 14.7 Å². The molecule has 1 aliphatic heterocycles. The maximum absolute atomic E-state index is 12.4. The summed E-state index contributed by atoms with van der Waals surface area (Å²) in [4.78, 5) is 25.2. The lowest BCUT2D eigenvalue weighted by molar-refractivity contribution is -0.142. The molecule has 1 N–H and O–H groups in total. The summed E-state index contributed by atoms with van der Waals surface area (Å²) in [6.07, 6.45) is 4.03. The number of hydrogen-bond acceptors (Lipinski definition) is 2. The van der Waals surface area contributed by atoms with Gasteiger partial charge in [-0.2, -0.15) is 0 Å². The molecule has 4 heteroatoms. The summed E-state index contributed by atoms with van der Waals surface area (Å²) in [6, 6.07) is 0. The molecule has 96 valence electrons. The van der Waals surface area contributed by atoms with Crippen molar-refractivity contribution in [2.24, 2.45) is 11.8 Å². The topological polar surface area (TPSA) is 57.6 Å². The Morgan fingerprint density at radius 3 is 2.35 bits per heavy atom. The van der Waals surface area contributed by atoms with Crippen molar-refractivity contribution in [2.75, 3.05) is 6.54 Å². The zero-order chi connectivity index (χ0) is 12.6. The van der Waals surface area contributed by atoms with Gasteiger partial charge in [0.05, 0.1) is 5.92 Å². The van der Waals surface area contributed by atoms with Crippen LogP contribution in [-0.4, -0.2) is 34.0 Å². The largest absolute Gasteiger partial charge is 0.481 e. The highest BCUT2D eigenvalue weighted by Gasteiger charge is 2.41. The van der Waals surface area contributed by atoms with Crippen LogP contribution in [0.15, 0.2) is 0 Å². The number of carbonyl (C=O) groups is 2. The third kappa shape index (κ3) is 2.31. The van der Waals surface area contributed by atoms with E-state index in [0.717, 1.165) is 25.8 Å². The van der Waals surface area contributed by atoms with E-state index in [-0.39, 0.29) is 23.3 Å². The van der Waals surface area contributed by atoms with E-state index in [1.165, 1.54) is 0 Å². The normalized spacial score (nSPS) is 31.8. The first kappa shape index (κ1) is 12.4. The number of aliphatic carboxylic acids is 1. The number of carboxylic acids is 1. The second-order valence-electron chi connectivity index (χ2n) is 5.95. The minimum absolute atomic E-state index is 0.0433. The summed E-state index contributed by atoms with van der Waals surface area (Å²) in [5, 5.41) is 8.96. The summed E-state index contributed by atoms with van der Waals surface area (Å²) >= 11 is 0. The third-order valence-corrected chi connectivity index (χ3v) is 4.30. The molecule has 0 spiro atoms. The molecule has 2 rings (SSSR count). The van der Waals surface area contributed by atoms with Crippen molar-refractivity contribution in [3.63, 3.8) is 0 Å². The molecule has 0 bridgehead atoms. The molecule has 4 nitrogen and oxygen atoms in total. The van der Waals surface area contributed by atoms with Crippen molar-refractivity contribution >= 4 is 11.9 Å². The van der Waals surface area contributed by atoms with Gasteiger partial charge in [0.2, 0.25) is 5.91 Å². The molecular formula is C13H21NO3. The molecule has 1 amide bonds. The average molecular weight is 239 g/mol. The molecule has 17 heavy (non-hydrogen) atoms. The SMILES string of the molecule is CC1(C)CCCN1C(=O)[C@@H]1CC[C@H](C(=O)O)C1. The Morgan fingerprint density at radius 1 is 1.24 bits per heavy atom. The zero-order valence-electron chi connectivity index (χ0n) is 10.6. The minimum atomic E-state index is -0.749. The highest BCUT2D eigenvalue weighted by molar-refractivity contribution is 5.81. The number of amides is 1. The molecule has 1 saturated heterocycles. The second-order valence-corrected chi connectivity index (χ2v) is 5.95. The fourth-order valence-electron chi connectivity index (χ4n) is 3.17. The van der Waals surface area contributed by atoms with Crippen molar-refractivity contribution in [3.05, 3.63) is 0 Å². The van der Waals surface area contributed by atoms with E-state index in [9.17, 15) is 9.59 Å². The van der Waals surface area contributed by atoms with Crippen molar-refractivity contribution in [1.29, 1.82) is 0 Å². The predicted molar refractivity (Wildman–Crippen MR) is 63.5 cm³/mol. The number of likely N-dealkylation sites (tertiary alicyclic amines) is 1. The zero-order valence-corrected chi connectivity index (χ0v) is 10.6. The van der Waals surface area contributed by atoms with Crippen molar-refractivity contribution in [2.45, 2.75) is 51.5 Å². The van der Waals surface area contributed by atoms with Crippen LogP contribution in [-0.2, 0) is 9.59 Å². The molecule has 1 aliphatic carbocycles. The van der Waals surface area contributed by atoms with E-state index in [1.807, 2.05) is 4.90 Å². The lowest BCUT2D eigenvalue weighted by Gasteiger charge is -2.33. The Labute approximate surface area is 102 Å². The van der Waals surface area contributed by atoms with E-state index in [2.05, 4.69) is 13.8 Å². The fourth-order valence-corrected chi connectivity index (χ4v) is 3.17. The number of hydrogen-bond donors (Lipinski definition) is 1. The van der Waals surface area contributed by atoms with Crippen LogP contribution in [0.2, 0.25) is 0 Å². The van der Waals surface area contributed by atoms with Crippen LogP contribution in [0.25, 0.3) is 0 Å². The van der Waals surface area contributed by atoms with E-state index in [0.29, 0.717) is 12.8 Å². The van der Waals surface area contributed by atoms with Crippen LogP contribution >= 0.6 is 0 Å². The average Bonchev–Trinajstić information content (AvgIpc) is 2.82. The molecule has 1 heterocycles. The van der Waals surface area contributed by atoms with E-state index >= 15 is 0 Å². The van der Waals surface area contributed by atoms with Crippen LogP contribution in [0.5, 0.6) is 0 Å². The molecule has 0 aromatic carbocycles. The van der Waals surface area contributed by atoms with Crippen molar-refractivity contribution in [1.82, 2.24) is 4.90 Å². The number of rotatable bonds is 2. The monoisotopic (exact) mass is 239 g/mol. The van der Waals surface area contributed by atoms with Crippen LogP contribution < -0.4 is 0 Å². The smallest absolute Gasteiger partial charge is 0.306 e. The summed E-state index contributed by atoms with van der Waals surface area (Å²) in [5.41, 5.74) is -0.0433. The van der Waals surface area contributed by atoms with Gasteiger partial charge in [0, 0.05) is 18.0 Å². The summed E-state index contributed by atoms with van der Waals surface area (Å²) < 4.78 is 0. The quantitative estimate of drug-likeness (QED) is 0.800. The Hall–Kier alpha value is -1.06. The van der Waals surface area contributed by atoms with Gasteiger partial charge >= 0.3 is 5.97 Å². The Balaban J connectivity index is 2.00. The highest BCUT2D eigenvalue weighted by Crippen LogP contribution is 2.36. The summed E-state index contributed by atoms with van der Waals surface area (Å²) in [7, 11) is 0. The number of nitrogens with zero attached hydrogens (tertiary/aromatic N) is 1. The molecule has 2 aliphatic rings. The Bertz CT molecular complexity index is 338. The van der Waals surface area contributed by atoms with Crippen LogP contribution in [0.4, 0.5) is 0 Å². The fraction of sp³-hybridized carbons (Fsp3) is 0.846. The molecule has 0 aromatic rings. The van der Waals surface area contributed by atoms with E-state index in [4.69, 9.17) is 5.11 Å². The first-order valence-corrected chi connectivity index (χ1v) is 6.46. The lowest BCUT2D eigenvalue weighted by atomic mass is 9.98. The molecule has 2 atom stereocenters. The Morgan fingerprint density at radius 2 is 1.88 bits per heavy atom. The summed E-state index contributed by atoms with van der Waals surface area (Å²) in [6.45, 7) is 5.03.